The molecule has 6 heteroatoms. The maximum Gasteiger partial charge on any atom is 0.137 e. The van der Waals surface area contributed by atoms with Crippen LogP contribution in [0.5, 0.6) is 5.75 Å². The fourth-order valence-electron chi connectivity index (χ4n) is 1.86. The van der Waals surface area contributed by atoms with Gasteiger partial charge in [-0.1, -0.05) is 32.4 Å². The van der Waals surface area contributed by atoms with E-state index in [1.165, 1.54) is 6.33 Å². The van der Waals surface area contributed by atoms with Gasteiger partial charge in [-0.3, -0.25) is 5.10 Å². The molecule has 0 radical (unpaired) electrons. The summed E-state index contributed by atoms with van der Waals surface area (Å²) in [5.41, 5.74) is -1.46. The van der Waals surface area contributed by atoms with Gasteiger partial charge in [-0.2, -0.15) is 5.10 Å². The maximum absolute atomic E-state index is 11.0. The summed E-state index contributed by atoms with van der Waals surface area (Å²) in [7, 11) is 0. The number of ether oxygens (including phenoxy) is 1. The molecule has 1 heterocycles. The van der Waals surface area contributed by atoms with Crippen LogP contribution in [0.25, 0.3) is 0 Å². The minimum atomic E-state index is -1.08. The third-order valence-corrected chi connectivity index (χ3v) is 3.86. The molecule has 0 aliphatic rings. The van der Waals surface area contributed by atoms with E-state index in [2.05, 4.69) is 15.2 Å². The van der Waals surface area contributed by atoms with E-state index in [9.17, 15) is 5.11 Å². The third kappa shape index (κ3) is 3.95. The Morgan fingerprint density at radius 2 is 1.90 bits per heavy atom. The highest BCUT2D eigenvalue weighted by molar-refractivity contribution is 6.30. The van der Waals surface area contributed by atoms with Crippen molar-refractivity contribution in [1.29, 1.82) is 0 Å². The summed E-state index contributed by atoms with van der Waals surface area (Å²) in [6.45, 7) is 6.05. The zero-order valence-corrected chi connectivity index (χ0v) is 13.2. The summed E-state index contributed by atoms with van der Waals surface area (Å²) in [6.07, 6.45) is 1.77. The van der Waals surface area contributed by atoms with Gasteiger partial charge in [-0.25, -0.2) is 4.98 Å². The fraction of sp³-hybridized carbons (Fsp3) is 0.467. The highest BCUT2D eigenvalue weighted by atomic mass is 35.5. The quantitative estimate of drug-likeness (QED) is 0.891. The molecule has 0 amide bonds. The number of aliphatic hydroxyl groups is 1. The number of H-pyrrole nitrogens is 1. The molecule has 0 bridgehead atoms. The Morgan fingerprint density at radius 3 is 2.43 bits per heavy atom. The summed E-state index contributed by atoms with van der Waals surface area (Å²) in [4.78, 5) is 4.08. The molecular formula is C15H20ClN3O2. The second kappa shape index (κ2) is 6.03. The predicted molar refractivity (Wildman–Crippen MR) is 81.4 cm³/mol. The highest BCUT2D eigenvalue weighted by Crippen LogP contribution is 2.33. The first kappa shape index (κ1) is 15.8. The van der Waals surface area contributed by atoms with Crippen molar-refractivity contribution in [1.82, 2.24) is 15.2 Å². The van der Waals surface area contributed by atoms with Crippen LogP contribution in [-0.2, 0) is 6.42 Å². The van der Waals surface area contributed by atoms with Crippen molar-refractivity contribution in [3.63, 3.8) is 0 Å². The van der Waals surface area contributed by atoms with Crippen LogP contribution in [0.1, 0.15) is 26.6 Å². The van der Waals surface area contributed by atoms with Crippen molar-refractivity contribution < 1.29 is 9.84 Å². The largest absolute Gasteiger partial charge is 0.491 e. The fourth-order valence-corrected chi connectivity index (χ4v) is 1.99. The lowest BCUT2D eigenvalue weighted by molar-refractivity contribution is -0.0883. The first-order valence-corrected chi connectivity index (χ1v) is 7.13. The predicted octanol–water partition coefficient (Wildman–Crippen LogP) is 2.86. The summed E-state index contributed by atoms with van der Waals surface area (Å²) < 4.78 is 5.73. The van der Waals surface area contributed by atoms with Crippen LogP contribution >= 0.6 is 11.6 Å². The van der Waals surface area contributed by atoms with E-state index < -0.39 is 5.60 Å². The van der Waals surface area contributed by atoms with Gasteiger partial charge in [0, 0.05) is 11.4 Å². The summed E-state index contributed by atoms with van der Waals surface area (Å²) >= 11 is 5.84. The van der Waals surface area contributed by atoms with Gasteiger partial charge in [0.25, 0.3) is 0 Å². The SMILES string of the molecule is CC(C)(C)C(O)(COc1ccc(Cl)cc1)Cc1ncn[nH]1. The summed E-state index contributed by atoms with van der Waals surface area (Å²) in [6, 6.07) is 7.06. The molecule has 114 valence electrons. The highest BCUT2D eigenvalue weighted by Gasteiger charge is 2.41. The van der Waals surface area contributed by atoms with E-state index >= 15 is 0 Å². The Bertz CT molecular complexity index is 564. The van der Waals surface area contributed by atoms with Gasteiger partial charge in [-0.05, 0) is 29.7 Å². The number of hydrogen-bond donors (Lipinski definition) is 2. The molecule has 0 aliphatic heterocycles. The number of halogens is 1. The molecule has 2 rings (SSSR count). The molecule has 1 atom stereocenters. The Kier molecular flexibility index (Phi) is 4.54. The van der Waals surface area contributed by atoms with Gasteiger partial charge in [-0.15, -0.1) is 0 Å². The van der Waals surface area contributed by atoms with Gasteiger partial charge in [0.05, 0.1) is 0 Å². The van der Waals surface area contributed by atoms with Gasteiger partial charge >= 0.3 is 0 Å². The van der Waals surface area contributed by atoms with E-state index in [0.29, 0.717) is 23.0 Å². The average molecular weight is 310 g/mol. The van der Waals surface area contributed by atoms with Crippen molar-refractivity contribution in [3.8, 4) is 5.75 Å². The standard InChI is InChI=1S/C15H20ClN3O2/c1-14(2,3)15(20,8-13-17-10-18-19-13)9-21-12-6-4-11(16)5-7-12/h4-7,10,20H,8-9H2,1-3H3,(H,17,18,19). The third-order valence-electron chi connectivity index (χ3n) is 3.61. The van der Waals surface area contributed by atoms with Crippen molar-refractivity contribution >= 4 is 11.6 Å². The topological polar surface area (TPSA) is 71.0 Å². The number of nitrogens with one attached hydrogen (secondary N) is 1. The first-order chi connectivity index (χ1) is 9.80. The molecule has 1 unspecified atom stereocenters. The summed E-state index contributed by atoms with van der Waals surface area (Å²) in [5.74, 6) is 1.30. The van der Waals surface area contributed by atoms with Crippen LogP contribution in [0.2, 0.25) is 5.02 Å². The van der Waals surface area contributed by atoms with Crippen molar-refractivity contribution in [3.05, 3.63) is 41.4 Å². The lowest BCUT2D eigenvalue weighted by atomic mass is 9.74. The average Bonchev–Trinajstić information content (AvgIpc) is 2.89. The second-order valence-corrected chi connectivity index (χ2v) is 6.57. The Morgan fingerprint density at radius 1 is 1.24 bits per heavy atom. The molecule has 5 nitrogen and oxygen atoms in total. The lowest BCUT2D eigenvalue weighted by Crippen LogP contribution is -2.50. The lowest BCUT2D eigenvalue weighted by Gasteiger charge is -2.39. The number of hydrogen-bond acceptors (Lipinski definition) is 4. The normalized spacial score (nSPS) is 14.7. The molecule has 21 heavy (non-hydrogen) atoms. The number of nitrogens with zero attached hydrogens (tertiary/aromatic N) is 2. The molecule has 2 aromatic rings. The minimum absolute atomic E-state index is 0.152. The van der Waals surface area contributed by atoms with Gasteiger partial charge in [0.2, 0.25) is 0 Å². The van der Waals surface area contributed by atoms with E-state index in [1.54, 1.807) is 24.3 Å². The van der Waals surface area contributed by atoms with Crippen LogP contribution in [0.3, 0.4) is 0 Å². The maximum atomic E-state index is 11.0. The van der Waals surface area contributed by atoms with Crippen LogP contribution in [0.4, 0.5) is 0 Å². The van der Waals surface area contributed by atoms with Gasteiger partial charge in [0.1, 0.15) is 30.1 Å². The monoisotopic (exact) mass is 309 g/mol. The number of aromatic nitrogens is 3. The van der Waals surface area contributed by atoms with Crippen LogP contribution in [0.15, 0.2) is 30.6 Å². The number of benzene rings is 1. The Balaban J connectivity index is 2.11. The van der Waals surface area contributed by atoms with Crippen molar-refractivity contribution in [2.24, 2.45) is 5.41 Å². The zero-order chi connectivity index (χ0) is 15.5. The van der Waals surface area contributed by atoms with Crippen molar-refractivity contribution in [2.75, 3.05) is 6.61 Å². The molecule has 1 aromatic heterocycles. The minimum Gasteiger partial charge on any atom is -0.491 e. The Labute approximate surface area is 129 Å². The molecule has 0 fully saturated rings. The molecule has 0 aliphatic carbocycles. The van der Waals surface area contributed by atoms with E-state index in [-0.39, 0.29) is 12.0 Å². The van der Waals surface area contributed by atoms with Crippen LogP contribution in [-0.4, -0.2) is 32.5 Å². The van der Waals surface area contributed by atoms with Crippen LogP contribution in [0, 0.1) is 5.41 Å². The smallest absolute Gasteiger partial charge is 0.137 e. The van der Waals surface area contributed by atoms with Crippen molar-refractivity contribution in [2.45, 2.75) is 32.8 Å². The molecular weight excluding hydrogens is 290 g/mol. The van der Waals surface area contributed by atoms with Gasteiger partial charge < -0.3 is 9.84 Å². The Hall–Kier alpha value is -1.59. The zero-order valence-electron chi connectivity index (χ0n) is 12.4. The molecule has 1 aromatic carbocycles. The first-order valence-electron chi connectivity index (χ1n) is 6.75. The number of rotatable bonds is 5. The molecule has 0 saturated carbocycles. The van der Waals surface area contributed by atoms with E-state index in [4.69, 9.17) is 16.3 Å². The van der Waals surface area contributed by atoms with E-state index in [0.717, 1.165) is 0 Å². The number of aromatic amines is 1. The summed E-state index contributed by atoms with van der Waals surface area (Å²) in [5, 5.41) is 18.2. The second-order valence-electron chi connectivity index (χ2n) is 6.13. The van der Waals surface area contributed by atoms with Gasteiger partial charge in [0.15, 0.2) is 0 Å². The van der Waals surface area contributed by atoms with E-state index in [1.807, 2.05) is 20.8 Å². The molecule has 2 N–H and O–H groups in total. The van der Waals surface area contributed by atoms with Crippen LogP contribution < -0.4 is 4.74 Å². The molecule has 0 saturated heterocycles. The molecule has 0 spiro atoms.